The highest BCUT2D eigenvalue weighted by atomic mass is 16.5. The number of carbonyl (C=O) groups is 1. The van der Waals surface area contributed by atoms with Gasteiger partial charge in [0, 0.05) is 31.0 Å². The zero-order valence-corrected chi connectivity index (χ0v) is 12.3. The number of hydrogen-bond acceptors (Lipinski definition) is 4. The van der Waals surface area contributed by atoms with E-state index in [1.54, 1.807) is 0 Å². The summed E-state index contributed by atoms with van der Waals surface area (Å²) in [6.45, 7) is 3.83. The van der Waals surface area contributed by atoms with Crippen LogP contribution in [0.2, 0.25) is 0 Å². The molecule has 110 valence electrons. The third kappa shape index (κ3) is 2.95. The molecule has 4 nitrogen and oxygen atoms in total. The first kappa shape index (κ1) is 13.8. The number of piperidine rings is 1. The van der Waals surface area contributed by atoms with E-state index in [0.29, 0.717) is 11.8 Å². The van der Waals surface area contributed by atoms with Crippen LogP contribution in [-0.4, -0.2) is 28.4 Å². The number of aryl methyl sites for hydroxylation is 1. The normalized spacial score (nSPS) is 28.8. The minimum Gasteiger partial charge on any atom is -0.361 e. The van der Waals surface area contributed by atoms with Crippen molar-refractivity contribution in [2.45, 2.75) is 64.5 Å². The molecule has 0 N–H and O–H groups in total. The third-order valence-corrected chi connectivity index (χ3v) is 4.77. The van der Waals surface area contributed by atoms with Gasteiger partial charge < -0.3 is 4.52 Å². The summed E-state index contributed by atoms with van der Waals surface area (Å²) in [5, 5.41) is 4.11. The average molecular weight is 276 g/mol. The molecule has 1 saturated heterocycles. The van der Waals surface area contributed by atoms with Crippen LogP contribution in [0.1, 0.15) is 56.4 Å². The fraction of sp³-hybridized carbons (Fsp3) is 0.750. The Morgan fingerprint density at radius 3 is 2.90 bits per heavy atom. The van der Waals surface area contributed by atoms with E-state index in [9.17, 15) is 4.79 Å². The zero-order valence-electron chi connectivity index (χ0n) is 12.3. The molecular formula is C16H24N2O2. The quantitative estimate of drug-likeness (QED) is 0.851. The standard InChI is InChI=1S/C16H24N2O2/c1-12-10-13(17-20-12)11-18-9-5-4-7-15(18)14-6-2-3-8-16(14)19/h10,14-15H,2-9,11H2,1H3. The van der Waals surface area contributed by atoms with Gasteiger partial charge in [-0.1, -0.05) is 18.0 Å². The lowest BCUT2D eigenvalue weighted by Crippen LogP contribution is -2.47. The molecule has 1 saturated carbocycles. The minimum atomic E-state index is 0.261. The fourth-order valence-electron chi connectivity index (χ4n) is 3.79. The largest absolute Gasteiger partial charge is 0.361 e. The molecule has 1 aliphatic heterocycles. The molecule has 0 spiro atoms. The molecule has 0 bridgehead atoms. The maximum atomic E-state index is 12.2. The summed E-state index contributed by atoms with van der Waals surface area (Å²) < 4.78 is 5.16. The summed E-state index contributed by atoms with van der Waals surface area (Å²) in [6, 6.07) is 2.43. The van der Waals surface area contributed by atoms with Gasteiger partial charge in [-0.15, -0.1) is 0 Å². The van der Waals surface area contributed by atoms with E-state index < -0.39 is 0 Å². The van der Waals surface area contributed by atoms with E-state index in [-0.39, 0.29) is 5.92 Å². The van der Waals surface area contributed by atoms with E-state index in [1.807, 2.05) is 13.0 Å². The Kier molecular flexibility index (Phi) is 4.20. The van der Waals surface area contributed by atoms with Crippen molar-refractivity contribution in [3.8, 4) is 0 Å². The summed E-state index contributed by atoms with van der Waals surface area (Å²) in [6.07, 6.45) is 7.81. The monoisotopic (exact) mass is 276 g/mol. The molecule has 0 radical (unpaired) electrons. The van der Waals surface area contributed by atoms with E-state index in [0.717, 1.165) is 50.2 Å². The zero-order chi connectivity index (χ0) is 13.9. The van der Waals surface area contributed by atoms with E-state index in [2.05, 4.69) is 10.1 Å². The number of rotatable bonds is 3. The molecule has 2 unspecified atom stereocenters. The Labute approximate surface area is 120 Å². The number of carbonyl (C=O) groups excluding carboxylic acids is 1. The van der Waals surface area contributed by atoms with Gasteiger partial charge in [0.05, 0.1) is 5.69 Å². The highest BCUT2D eigenvalue weighted by Gasteiger charge is 2.35. The number of hydrogen-bond donors (Lipinski definition) is 0. The molecule has 2 fully saturated rings. The first-order valence-corrected chi connectivity index (χ1v) is 7.93. The molecule has 3 rings (SSSR count). The van der Waals surface area contributed by atoms with Gasteiger partial charge >= 0.3 is 0 Å². The van der Waals surface area contributed by atoms with Crippen LogP contribution in [0.3, 0.4) is 0 Å². The first-order valence-electron chi connectivity index (χ1n) is 7.93. The second-order valence-electron chi connectivity index (χ2n) is 6.28. The highest BCUT2D eigenvalue weighted by Crippen LogP contribution is 2.32. The van der Waals surface area contributed by atoms with Gasteiger partial charge in [-0.25, -0.2) is 0 Å². The molecule has 0 aromatic carbocycles. The first-order chi connectivity index (χ1) is 9.74. The number of likely N-dealkylation sites (tertiary alicyclic amines) is 1. The topological polar surface area (TPSA) is 46.3 Å². The van der Waals surface area contributed by atoms with Gasteiger partial charge in [0.1, 0.15) is 11.5 Å². The third-order valence-electron chi connectivity index (χ3n) is 4.77. The molecule has 2 heterocycles. The Balaban J connectivity index is 1.71. The Morgan fingerprint density at radius 2 is 2.15 bits per heavy atom. The molecule has 1 aromatic heterocycles. The predicted molar refractivity (Wildman–Crippen MR) is 76.3 cm³/mol. The van der Waals surface area contributed by atoms with Crippen LogP contribution >= 0.6 is 0 Å². The number of ketones is 1. The van der Waals surface area contributed by atoms with Crippen LogP contribution < -0.4 is 0 Å². The van der Waals surface area contributed by atoms with E-state index in [4.69, 9.17) is 4.52 Å². The number of nitrogens with zero attached hydrogens (tertiary/aromatic N) is 2. The van der Waals surface area contributed by atoms with Gasteiger partial charge in [-0.05, 0) is 39.2 Å². The molecule has 1 aliphatic carbocycles. The van der Waals surface area contributed by atoms with E-state index in [1.165, 1.54) is 19.3 Å². The maximum absolute atomic E-state index is 12.2. The second-order valence-corrected chi connectivity index (χ2v) is 6.28. The Bertz CT molecular complexity index is 469. The van der Waals surface area contributed by atoms with Crippen molar-refractivity contribution in [1.29, 1.82) is 0 Å². The molecule has 2 aliphatic rings. The van der Waals surface area contributed by atoms with Crippen LogP contribution in [0.25, 0.3) is 0 Å². The lowest BCUT2D eigenvalue weighted by Gasteiger charge is -2.40. The number of aromatic nitrogens is 1. The van der Waals surface area contributed by atoms with Crippen LogP contribution in [0.4, 0.5) is 0 Å². The van der Waals surface area contributed by atoms with Gasteiger partial charge in [-0.2, -0.15) is 0 Å². The van der Waals surface area contributed by atoms with Gasteiger partial charge in [-0.3, -0.25) is 9.69 Å². The average Bonchev–Trinajstić information content (AvgIpc) is 2.86. The molecule has 20 heavy (non-hydrogen) atoms. The van der Waals surface area contributed by atoms with Crippen LogP contribution in [0.5, 0.6) is 0 Å². The maximum Gasteiger partial charge on any atom is 0.137 e. The Hall–Kier alpha value is -1.16. The molecule has 2 atom stereocenters. The summed E-state index contributed by atoms with van der Waals surface area (Å²) >= 11 is 0. The SMILES string of the molecule is Cc1cc(CN2CCCCC2C2CCCCC2=O)no1. The van der Waals surface area contributed by atoms with Crippen molar-refractivity contribution >= 4 is 5.78 Å². The Morgan fingerprint density at radius 1 is 1.30 bits per heavy atom. The summed E-state index contributed by atoms with van der Waals surface area (Å²) in [5.41, 5.74) is 0.998. The van der Waals surface area contributed by atoms with Gasteiger partial charge in [0.15, 0.2) is 0 Å². The second kappa shape index (κ2) is 6.08. The van der Waals surface area contributed by atoms with Crippen molar-refractivity contribution in [2.24, 2.45) is 5.92 Å². The predicted octanol–water partition coefficient (Wildman–Crippen LogP) is 3.10. The lowest BCUT2D eigenvalue weighted by molar-refractivity contribution is -0.127. The molecule has 0 amide bonds. The fourth-order valence-corrected chi connectivity index (χ4v) is 3.79. The summed E-state index contributed by atoms with van der Waals surface area (Å²) in [5.74, 6) is 1.61. The van der Waals surface area contributed by atoms with Crippen LogP contribution in [0, 0.1) is 12.8 Å². The van der Waals surface area contributed by atoms with Gasteiger partial charge in [0.25, 0.3) is 0 Å². The lowest BCUT2D eigenvalue weighted by atomic mass is 9.79. The number of Topliss-reactive ketones (excluding diaryl/α,β-unsaturated/α-hetero) is 1. The highest BCUT2D eigenvalue weighted by molar-refractivity contribution is 5.82. The smallest absolute Gasteiger partial charge is 0.137 e. The van der Waals surface area contributed by atoms with E-state index >= 15 is 0 Å². The van der Waals surface area contributed by atoms with Crippen molar-refractivity contribution < 1.29 is 9.32 Å². The van der Waals surface area contributed by atoms with Crippen molar-refractivity contribution in [3.05, 3.63) is 17.5 Å². The summed E-state index contributed by atoms with van der Waals surface area (Å²) in [4.78, 5) is 14.7. The minimum absolute atomic E-state index is 0.261. The summed E-state index contributed by atoms with van der Waals surface area (Å²) in [7, 11) is 0. The van der Waals surface area contributed by atoms with Crippen molar-refractivity contribution in [2.75, 3.05) is 6.54 Å². The van der Waals surface area contributed by atoms with Gasteiger partial charge in [0.2, 0.25) is 0 Å². The molecular weight excluding hydrogens is 252 g/mol. The van der Waals surface area contributed by atoms with Crippen molar-refractivity contribution in [3.63, 3.8) is 0 Å². The van der Waals surface area contributed by atoms with Crippen molar-refractivity contribution in [1.82, 2.24) is 10.1 Å². The molecule has 4 heteroatoms. The van der Waals surface area contributed by atoms with Crippen LogP contribution in [-0.2, 0) is 11.3 Å². The van der Waals surface area contributed by atoms with Crippen LogP contribution in [0.15, 0.2) is 10.6 Å². The molecule has 1 aromatic rings.